The highest BCUT2D eigenvalue weighted by atomic mass is 16.5. The highest BCUT2D eigenvalue weighted by Crippen LogP contribution is 2.38. The van der Waals surface area contributed by atoms with Gasteiger partial charge in [-0.3, -0.25) is 0 Å². The minimum Gasteiger partial charge on any atom is -0.487 e. The molecule has 0 aromatic heterocycles. The van der Waals surface area contributed by atoms with Crippen LogP contribution in [0.15, 0.2) is 24.3 Å². The van der Waals surface area contributed by atoms with Crippen molar-refractivity contribution in [1.82, 2.24) is 0 Å². The van der Waals surface area contributed by atoms with Crippen molar-refractivity contribution < 1.29 is 9.84 Å². The van der Waals surface area contributed by atoms with E-state index in [0.717, 1.165) is 11.3 Å². The third kappa shape index (κ3) is 1.21. The molecule has 1 heterocycles. The van der Waals surface area contributed by atoms with E-state index in [9.17, 15) is 5.11 Å². The van der Waals surface area contributed by atoms with E-state index in [1.807, 2.05) is 31.2 Å². The second kappa shape index (κ2) is 2.97. The molecule has 0 bridgehead atoms. The van der Waals surface area contributed by atoms with Crippen molar-refractivity contribution in [2.75, 3.05) is 0 Å². The maximum Gasteiger partial charge on any atom is 0.126 e. The Labute approximate surface area is 83.5 Å². The molecule has 14 heavy (non-hydrogen) atoms. The maximum atomic E-state index is 10.1. The quantitative estimate of drug-likeness (QED) is 0.651. The van der Waals surface area contributed by atoms with Crippen molar-refractivity contribution in [2.45, 2.75) is 31.6 Å². The molecule has 76 valence electrons. The van der Waals surface area contributed by atoms with Gasteiger partial charge in [0.1, 0.15) is 17.5 Å². The third-order valence-electron chi connectivity index (χ3n) is 3.01. The lowest BCUT2D eigenvalue weighted by Gasteiger charge is -2.41. The van der Waals surface area contributed by atoms with Gasteiger partial charge in [0.15, 0.2) is 0 Å². The van der Waals surface area contributed by atoms with Crippen molar-refractivity contribution in [1.29, 1.82) is 0 Å². The van der Waals surface area contributed by atoms with E-state index >= 15 is 0 Å². The lowest BCUT2D eigenvalue weighted by atomic mass is 9.84. The van der Waals surface area contributed by atoms with E-state index < -0.39 is 5.60 Å². The third-order valence-corrected chi connectivity index (χ3v) is 3.01. The number of rotatable bonds is 0. The summed E-state index contributed by atoms with van der Waals surface area (Å²) in [5.41, 5.74) is 5.85. The van der Waals surface area contributed by atoms with Gasteiger partial charge in [-0.1, -0.05) is 18.2 Å². The molecule has 0 aliphatic carbocycles. The molecule has 0 saturated heterocycles. The van der Waals surface area contributed by atoms with Crippen LogP contribution in [0.4, 0.5) is 0 Å². The summed E-state index contributed by atoms with van der Waals surface area (Å²) in [4.78, 5) is 0. The van der Waals surface area contributed by atoms with Crippen molar-refractivity contribution >= 4 is 0 Å². The summed E-state index contributed by atoms with van der Waals surface area (Å²) in [6.45, 7) is 3.54. The number of benzene rings is 1. The number of hydrogen-bond acceptors (Lipinski definition) is 3. The van der Waals surface area contributed by atoms with Gasteiger partial charge in [0.2, 0.25) is 0 Å². The van der Waals surface area contributed by atoms with Gasteiger partial charge in [-0.25, -0.2) is 0 Å². The molecule has 3 atom stereocenters. The number of hydrogen-bond donors (Lipinski definition) is 2. The summed E-state index contributed by atoms with van der Waals surface area (Å²) in [6, 6.07) is 7.18. The number of nitrogens with two attached hydrogens (primary N) is 1. The van der Waals surface area contributed by atoms with E-state index in [2.05, 4.69) is 0 Å². The van der Waals surface area contributed by atoms with Gasteiger partial charge in [-0.2, -0.15) is 0 Å². The monoisotopic (exact) mass is 193 g/mol. The SMILES string of the molecule is C[C@H]1Oc2ccccc2[C@H](N)C1(C)O. The van der Waals surface area contributed by atoms with E-state index in [4.69, 9.17) is 10.5 Å². The first-order valence-electron chi connectivity index (χ1n) is 4.77. The molecule has 0 radical (unpaired) electrons. The fourth-order valence-electron chi connectivity index (χ4n) is 1.72. The summed E-state index contributed by atoms with van der Waals surface area (Å²) in [7, 11) is 0. The van der Waals surface area contributed by atoms with Crippen LogP contribution in [0.3, 0.4) is 0 Å². The number of fused-ring (bicyclic) bond motifs is 1. The lowest BCUT2D eigenvalue weighted by Crippen LogP contribution is -2.52. The minimum atomic E-state index is -1.01. The number of ether oxygens (including phenoxy) is 1. The fraction of sp³-hybridized carbons (Fsp3) is 0.455. The van der Waals surface area contributed by atoms with Crippen LogP contribution in [-0.2, 0) is 0 Å². The van der Waals surface area contributed by atoms with Crippen LogP contribution < -0.4 is 10.5 Å². The second-order valence-corrected chi connectivity index (χ2v) is 4.00. The summed E-state index contributed by atoms with van der Waals surface area (Å²) in [6.07, 6.45) is -0.285. The Hall–Kier alpha value is -1.06. The summed E-state index contributed by atoms with van der Waals surface area (Å²) < 4.78 is 5.59. The standard InChI is InChI=1S/C11H15NO2/c1-7-11(2,13)10(12)8-5-3-4-6-9(8)14-7/h3-7,10,13H,12H2,1-2H3/t7-,10+,11?/m1/s1. The summed E-state index contributed by atoms with van der Waals surface area (Å²) >= 11 is 0. The second-order valence-electron chi connectivity index (χ2n) is 4.00. The molecule has 1 aromatic rings. The Morgan fingerprint density at radius 2 is 2.07 bits per heavy atom. The molecule has 3 heteroatoms. The van der Waals surface area contributed by atoms with Gasteiger partial charge >= 0.3 is 0 Å². The summed E-state index contributed by atoms with van der Waals surface area (Å²) in [5, 5.41) is 10.1. The van der Waals surface area contributed by atoms with Crippen molar-refractivity contribution in [3.63, 3.8) is 0 Å². The molecule has 3 N–H and O–H groups in total. The first-order valence-corrected chi connectivity index (χ1v) is 4.77. The van der Waals surface area contributed by atoms with Crippen LogP contribution in [0.5, 0.6) is 5.75 Å². The van der Waals surface area contributed by atoms with Crippen LogP contribution >= 0.6 is 0 Å². The van der Waals surface area contributed by atoms with Crippen LogP contribution in [0.1, 0.15) is 25.5 Å². The molecule has 0 amide bonds. The van der Waals surface area contributed by atoms with Gasteiger partial charge in [-0.15, -0.1) is 0 Å². The molecule has 1 unspecified atom stereocenters. The molecule has 3 nitrogen and oxygen atoms in total. The fourth-order valence-corrected chi connectivity index (χ4v) is 1.72. The zero-order chi connectivity index (χ0) is 10.3. The van der Waals surface area contributed by atoms with Crippen molar-refractivity contribution in [3.05, 3.63) is 29.8 Å². The highest BCUT2D eigenvalue weighted by Gasteiger charge is 2.42. The van der Waals surface area contributed by atoms with Crippen LogP contribution in [0.25, 0.3) is 0 Å². The first kappa shape index (κ1) is 9.49. The molecule has 1 aliphatic heterocycles. The Morgan fingerprint density at radius 3 is 2.79 bits per heavy atom. The van der Waals surface area contributed by atoms with Gasteiger partial charge < -0.3 is 15.6 Å². The normalized spacial score (nSPS) is 36.0. The zero-order valence-electron chi connectivity index (χ0n) is 8.40. The van der Waals surface area contributed by atoms with Gasteiger partial charge in [-0.05, 0) is 19.9 Å². The molecule has 0 spiro atoms. The highest BCUT2D eigenvalue weighted by molar-refractivity contribution is 5.40. The molecule has 2 rings (SSSR count). The maximum absolute atomic E-state index is 10.1. The average molecular weight is 193 g/mol. The first-order chi connectivity index (χ1) is 6.53. The predicted molar refractivity (Wildman–Crippen MR) is 54.1 cm³/mol. The minimum absolute atomic E-state index is 0.285. The Bertz CT molecular complexity index is 349. The lowest BCUT2D eigenvalue weighted by molar-refractivity contribution is -0.0722. The molecule has 0 saturated carbocycles. The van der Waals surface area contributed by atoms with Gasteiger partial charge in [0.05, 0.1) is 6.04 Å². The molecule has 0 fully saturated rings. The molecular weight excluding hydrogens is 178 g/mol. The van der Waals surface area contributed by atoms with E-state index in [-0.39, 0.29) is 12.1 Å². The van der Waals surface area contributed by atoms with Crippen LogP contribution in [0.2, 0.25) is 0 Å². The van der Waals surface area contributed by atoms with Crippen molar-refractivity contribution in [3.8, 4) is 5.75 Å². The van der Waals surface area contributed by atoms with Crippen LogP contribution in [0, 0.1) is 0 Å². The Balaban J connectivity index is 2.49. The van der Waals surface area contributed by atoms with Gasteiger partial charge in [0, 0.05) is 5.56 Å². The Kier molecular flexibility index (Phi) is 2.01. The van der Waals surface area contributed by atoms with E-state index in [1.54, 1.807) is 6.92 Å². The molecule has 1 aromatic carbocycles. The largest absolute Gasteiger partial charge is 0.487 e. The zero-order valence-corrected chi connectivity index (χ0v) is 8.40. The summed E-state index contributed by atoms with van der Waals surface area (Å²) in [5.74, 6) is 0.777. The topological polar surface area (TPSA) is 55.5 Å². The van der Waals surface area contributed by atoms with Gasteiger partial charge in [0.25, 0.3) is 0 Å². The number of para-hydroxylation sites is 1. The molecule has 1 aliphatic rings. The smallest absolute Gasteiger partial charge is 0.126 e. The van der Waals surface area contributed by atoms with Crippen molar-refractivity contribution in [2.24, 2.45) is 5.73 Å². The average Bonchev–Trinajstić information content (AvgIpc) is 2.15. The van der Waals surface area contributed by atoms with E-state index in [1.165, 1.54) is 0 Å². The predicted octanol–water partition coefficient (Wildman–Crippen LogP) is 1.22. The van der Waals surface area contributed by atoms with Crippen LogP contribution in [-0.4, -0.2) is 16.8 Å². The Morgan fingerprint density at radius 1 is 1.43 bits per heavy atom. The number of aliphatic hydroxyl groups is 1. The van der Waals surface area contributed by atoms with E-state index in [0.29, 0.717) is 0 Å². The molecular formula is C11H15NO2.